The Labute approximate surface area is 138 Å². The van der Waals surface area contributed by atoms with Gasteiger partial charge in [0.2, 0.25) is 5.91 Å². The first-order valence-electron chi connectivity index (χ1n) is 8.12. The van der Waals surface area contributed by atoms with Crippen molar-refractivity contribution in [3.05, 3.63) is 29.8 Å². The van der Waals surface area contributed by atoms with Gasteiger partial charge < -0.3 is 14.4 Å². The van der Waals surface area contributed by atoms with E-state index in [2.05, 4.69) is 4.74 Å². The Bertz CT molecular complexity index is 580. The molecule has 1 atom stereocenters. The third kappa shape index (κ3) is 4.20. The van der Waals surface area contributed by atoms with Gasteiger partial charge in [0.25, 0.3) is 0 Å². The van der Waals surface area contributed by atoms with Gasteiger partial charge in [0.15, 0.2) is 0 Å². The average molecular weight is 343 g/mol. The molecule has 0 unspecified atom stereocenters. The van der Waals surface area contributed by atoms with Crippen molar-refractivity contribution >= 4 is 5.91 Å². The molecule has 0 saturated carbocycles. The molecule has 0 radical (unpaired) electrons. The molecule has 0 aliphatic carbocycles. The molecule has 2 aliphatic heterocycles. The maximum absolute atomic E-state index is 12.3. The molecule has 1 aromatic carbocycles. The highest BCUT2D eigenvalue weighted by Crippen LogP contribution is 2.36. The standard InChI is InChI=1S/C17H20F3NO3/c18-17(19,20)24-14-4-2-13(3-5-14)12-21-10-9-16(7-1-11-23-16)8-6-15(21)22/h2-5H,1,6-12H2/t16-/m0/s1. The summed E-state index contributed by atoms with van der Waals surface area (Å²) in [6.07, 6.45) is -0.645. The predicted octanol–water partition coefficient (Wildman–Crippen LogP) is 3.65. The van der Waals surface area contributed by atoms with Crippen LogP contribution in [0.3, 0.4) is 0 Å². The van der Waals surface area contributed by atoms with Crippen molar-refractivity contribution < 1.29 is 27.4 Å². The fourth-order valence-corrected chi connectivity index (χ4v) is 3.41. The van der Waals surface area contributed by atoms with Gasteiger partial charge in [-0.25, -0.2) is 0 Å². The molecule has 0 aromatic heterocycles. The number of alkyl halides is 3. The summed E-state index contributed by atoms with van der Waals surface area (Å²) in [6.45, 7) is 1.76. The van der Waals surface area contributed by atoms with E-state index in [4.69, 9.17) is 4.74 Å². The fraction of sp³-hybridized carbons (Fsp3) is 0.588. The van der Waals surface area contributed by atoms with Crippen LogP contribution in [0.15, 0.2) is 24.3 Å². The van der Waals surface area contributed by atoms with Crippen LogP contribution in [0.25, 0.3) is 0 Å². The Balaban J connectivity index is 1.61. The molecular weight excluding hydrogens is 323 g/mol. The summed E-state index contributed by atoms with van der Waals surface area (Å²) in [5.41, 5.74) is 0.621. The second-order valence-corrected chi connectivity index (χ2v) is 6.39. The maximum atomic E-state index is 12.3. The lowest BCUT2D eigenvalue weighted by Gasteiger charge is -2.26. The summed E-state index contributed by atoms with van der Waals surface area (Å²) in [4.78, 5) is 14.1. The summed E-state index contributed by atoms with van der Waals surface area (Å²) in [5, 5.41) is 0. The lowest BCUT2D eigenvalue weighted by molar-refractivity contribution is -0.274. The van der Waals surface area contributed by atoms with E-state index < -0.39 is 6.36 Å². The lowest BCUT2D eigenvalue weighted by Crippen LogP contribution is -2.32. The van der Waals surface area contributed by atoms with E-state index in [9.17, 15) is 18.0 Å². The van der Waals surface area contributed by atoms with E-state index in [1.165, 1.54) is 12.1 Å². The van der Waals surface area contributed by atoms with Gasteiger partial charge in [0, 0.05) is 26.1 Å². The van der Waals surface area contributed by atoms with Crippen LogP contribution in [-0.2, 0) is 16.1 Å². The first kappa shape index (κ1) is 17.1. The van der Waals surface area contributed by atoms with Crippen LogP contribution in [0.1, 0.15) is 37.7 Å². The van der Waals surface area contributed by atoms with Gasteiger partial charge >= 0.3 is 6.36 Å². The van der Waals surface area contributed by atoms with Crippen molar-refractivity contribution in [2.75, 3.05) is 13.2 Å². The number of amides is 1. The van der Waals surface area contributed by atoms with E-state index in [1.807, 2.05) is 0 Å². The number of carbonyl (C=O) groups excluding carboxylic acids is 1. The predicted molar refractivity (Wildman–Crippen MR) is 80.3 cm³/mol. The maximum Gasteiger partial charge on any atom is 0.573 e. The van der Waals surface area contributed by atoms with Gasteiger partial charge in [0.05, 0.1) is 5.60 Å². The van der Waals surface area contributed by atoms with Crippen LogP contribution >= 0.6 is 0 Å². The van der Waals surface area contributed by atoms with Crippen LogP contribution in [0.4, 0.5) is 13.2 Å². The molecule has 132 valence electrons. The number of ether oxygens (including phenoxy) is 2. The van der Waals surface area contributed by atoms with Crippen molar-refractivity contribution in [3.63, 3.8) is 0 Å². The third-order valence-corrected chi connectivity index (χ3v) is 4.70. The summed E-state index contributed by atoms with van der Waals surface area (Å²) < 4.78 is 46.2. The van der Waals surface area contributed by atoms with Crippen molar-refractivity contribution in [1.29, 1.82) is 0 Å². The number of hydrogen-bond donors (Lipinski definition) is 0. The summed E-state index contributed by atoms with van der Waals surface area (Å²) >= 11 is 0. The van der Waals surface area contributed by atoms with Crippen LogP contribution < -0.4 is 4.74 Å². The number of nitrogens with zero attached hydrogens (tertiary/aromatic N) is 1. The normalized spacial score (nSPS) is 25.1. The van der Waals surface area contributed by atoms with Crippen LogP contribution in [0, 0.1) is 0 Å². The number of benzene rings is 1. The Morgan fingerprint density at radius 3 is 2.54 bits per heavy atom. The average Bonchev–Trinajstić information content (AvgIpc) is 2.92. The monoisotopic (exact) mass is 343 g/mol. The summed E-state index contributed by atoms with van der Waals surface area (Å²) in [6, 6.07) is 5.65. The second kappa shape index (κ2) is 6.63. The first-order chi connectivity index (χ1) is 11.4. The molecule has 4 nitrogen and oxygen atoms in total. The fourth-order valence-electron chi connectivity index (χ4n) is 3.41. The SMILES string of the molecule is O=C1CC[C@@]2(CCCO2)CCN1Cc1ccc(OC(F)(F)F)cc1. The van der Waals surface area contributed by atoms with Crippen molar-refractivity contribution in [1.82, 2.24) is 4.90 Å². The minimum absolute atomic E-state index is 0.0676. The molecule has 0 N–H and O–H groups in total. The highest BCUT2D eigenvalue weighted by molar-refractivity contribution is 5.76. The first-order valence-corrected chi connectivity index (χ1v) is 8.12. The van der Waals surface area contributed by atoms with E-state index in [0.29, 0.717) is 19.5 Å². The zero-order valence-corrected chi connectivity index (χ0v) is 13.3. The number of carbonyl (C=O) groups is 1. The molecule has 1 aromatic rings. The van der Waals surface area contributed by atoms with Gasteiger partial charge in [-0.1, -0.05) is 12.1 Å². The smallest absolute Gasteiger partial charge is 0.406 e. The van der Waals surface area contributed by atoms with Crippen LogP contribution in [0.2, 0.25) is 0 Å². The Hall–Kier alpha value is -1.76. The molecule has 2 heterocycles. The molecule has 1 amide bonds. The molecule has 7 heteroatoms. The highest BCUT2D eigenvalue weighted by Gasteiger charge is 2.38. The number of halogens is 3. The van der Waals surface area contributed by atoms with Crippen molar-refractivity contribution in [2.45, 2.75) is 50.6 Å². The van der Waals surface area contributed by atoms with Gasteiger partial charge in [-0.2, -0.15) is 0 Å². The molecule has 3 rings (SSSR count). The number of rotatable bonds is 3. The second-order valence-electron chi connectivity index (χ2n) is 6.39. The quantitative estimate of drug-likeness (QED) is 0.841. The number of likely N-dealkylation sites (tertiary alicyclic amines) is 1. The molecule has 0 bridgehead atoms. The summed E-state index contributed by atoms with van der Waals surface area (Å²) in [7, 11) is 0. The zero-order chi connectivity index (χ0) is 17.2. The Morgan fingerprint density at radius 2 is 1.92 bits per heavy atom. The van der Waals surface area contributed by atoms with Gasteiger partial charge in [-0.3, -0.25) is 4.79 Å². The largest absolute Gasteiger partial charge is 0.573 e. The minimum atomic E-state index is -4.70. The lowest BCUT2D eigenvalue weighted by atomic mass is 9.92. The molecule has 2 aliphatic rings. The Morgan fingerprint density at radius 1 is 1.17 bits per heavy atom. The van der Waals surface area contributed by atoms with E-state index in [0.717, 1.165) is 37.9 Å². The molecule has 2 saturated heterocycles. The van der Waals surface area contributed by atoms with Gasteiger partial charge in [0.1, 0.15) is 5.75 Å². The van der Waals surface area contributed by atoms with Crippen LogP contribution in [0.5, 0.6) is 5.75 Å². The summed E-state index contributed by atoms with van der Waals surface area (Å²) in [5.74, 6) is -0.190. The molecular formula is C17H20F3NO3. The van der Waals surface area contributed by atoms with Crippen molar-refractivity contribution in [2.24, 2.45) is 0 Å². The van der Waals surface area contributed by atoms with E-state index >= 15 is 0 Å². The highest BCUT2D eigenvalue weighted by atomic mass is 19.4. The Kier molecular flexibility index (Phi) is 4.71. The van der Waals surface area contributed by atoms with Gasteiger partial charge in [-0.05, 0) is 43.4 Å². The van der Waals surface area contributed by atoms with E-state index in [-0.39, 0.29) is 17.3 Å². The third-order valence-electron chi connectivity index (χ3n) is 4.70. The molecule has 1 spiro atoms. The van der Waals surface area contributed by atoms with Crippen LogP contribution in [-0.4, -0.2) is 35.9 Å². The topological polar surface area (TPSA) is 38.8 Å². The van der Waals surface area contributed by atoms with Crippen molar-refractivity contribution in [3.8, 4) is 5.75 Å². The molecule has 2 fully saturated rings. The molecule has 24 heavy (non-hydrogen) atoms. The zero-order valence-electron chi connectivity index (χ0n) is 13.3. The van der Waals surface area contributed by atoms with Gasteiger partial charge in [-0.15, -0.1) is 13.2 Å². The number of hydrogen-bond acceptors (Lipinski definition) is 3. The minimum Gasteiger partial charge on any atom is -0.406 e. The van der Waals surface area contributed by atoms with E-state index in [1.54, 1.807) is 17.0 Å².